The first-order valence-electron chi connectivity index (χ1n) is 15.8. The van der Waals surface area contributed by atoms with Gasteiger partial charge in [0.2, 0.25) is 10.8 Å². The molecule has 1 aliphatic heterocycles. The number of hydrogen-bond acceptors (Lipinski definition) is 19. The number of aliphatic hydroxyl groups excluding tert-OH is 3. The van der Waals surface area contributed by atoms with Gasteiger partial charge in [0.15, 0.2) is 0 Å². The number of aromatic amines is 1. The standard InChI is InChI=1S/C29H45N2O19P/c1-6-43-23(36)28(13-32,24(37)44-7-2)15-48-51(41,49-16-29(14-42-17-33,25(38)45-8-3)26(39)46-9-4)47-12-20-19(34)10-21(50-20)31-11-18(5)22(35)30-27(31)40/h11,19-21,32-34H,6-10,12-17H2,1-5H3,(H,30,35,40)/t19-,20+,21+,51?/m0/s1. The van der Waals surface area contributed by atoms with Crippen LogP contribution in [0.4, 0.5) is 0 Å². The SMILES string of the molecule is CCOC(=O)C(CO)(COP(=O)(OC[C@H]1O[C@@H](n2cc(C)c(=O)[nH]c2=O)C[C@@H]1O)OCC(COCO)(C(=O)OCC)C(=O)OCC)C(=O)OCC. The Morgan fingerprint density at radius 2 is 1.35 bits per heavy atom. The van der Waals surface area contributed by atoms with Crippen molar-refractivity contribution in [3.05, 3.63) is 32.6 Å². The van der Waals surface area contributed by atoms with Crippen molar-refractivity contribution in [3.63, 3.8) is 0 Å². The molecule has 290 valence electrons. The van der Waals surface area contributed by atoms with Crippen LogP contribution in [0.15, 0.2) is 15.8 Å². The molecule has 1 fully saturated rings. The summed E-state index contributed by atoms with van der Waals surface area (Å²) < 4.78 is 62.1. The Bertz CT molecular complexity index is 1470. The van der Waals surface area contributed by atoms with E-state index in [-0.39, 0.29) is 38.4 Å². The van der Waals surface area contributed by atoms with Crippen LogP contribution >= 0.6 is 7.82 Å². The fraction of sp³-hybridized carbons (Fsp3) is 0.724. The molecule has 4 atom stereocenters. The number of aryl methyl sites for hydroxylation is 1. The van der Waals surface area contributed by atoms with Gasteiger partial charge in [0.1, 0.15) is 19.1 Å². The molecule has 1 aromatic heterocycles. The zero-order valence-electron chi connectivity index (χ0n) is 28.9. The van der Waals surface area contributed by atoms with Crippen molar-refractivity contribution in [2.75, 3.05) is 66.3 Å². The first-order chi connectivity index (χ1) is 24.1. The Balaban J connectivity index is 2.53. The number of phosphoric ester groups is 1. The highest BCUT2D eigenvalue weighted by atomic mass is 31.2. The molecule has 0 saturated carbocycles. The van der Waals surface area contributed by atoms with Crippen LogP contribution in [0.3, 0.4) is 0 Å². The average molecular weight is 757 g/mol. The number of phosphoric acid groups is 1. The van der Waals surface area contributed by atoms with Gasteiger partial charge < -0.3 is 43.7 Å². The number of nitrogens with one attached hydrogen (secondary N) is 1. The summed E-state index contributed by atoms with van der Waals surface area (Å²) in [5, 5.41) is 30.2. The molecule has 1 saturated heterocycles. The van der Waals surface area contributed by atoms with E-state index < -0.39 is 112 Å². The molecule has 0 aliphatic carbocycles. The third-order valence-electron chi connectivity index (χ3n) is 7.37. The van der Waals surface area contributed by atoms with E-state index in [1.807, 2.05) is 0 Å². The predicted octanol–water partition coefficient (Wildman–Crippen LogP) is -1.16. The fourth-order valence-electron chi connectivity index (χ4n) is 4.52. The number of H-pyrrole nitrogens is 1. The molecule has 2 rings (SSSR count). The quantitative estimate of drug-likeness (QED) is 0.0357. The molecule has 22 heteroatoms. The molecule has 4 N–H and O–H groups in total. The number of hydrogen-bond donors (Lipinski definition) is 4. The van der Waals surface area contributed by atoms with Gasteiger partial charge in [0.05, 0.1) is 65.6 Å². The van der Waals surface area contributed by atoms with E-state index in [0.29, 0.717) is 0 Å². The van der Waals surface area contributed by atoms with E-state index in [2.05, 4.69) is 4.98 Å². The molecular formula is C29H45N2O19P. The van der Waals surface area contributed by atoms with E-state index in [4.69, 9.17) is 42.0 Å². The summed E-state index contributed by atoms with van der Waals surface area (Å²) in [5.41, 5.74) is -6.51. The molecule has 1 aliphatic rings. The summed E-state index contributed by atoms with van der Waals surface area (Å²) in [6.45, 7) is -0.447. The number of carbonyl (C=O) groups is 4. The number of aliphatic hydroxyl groups is 3. The van der Waals surface area contributed by atoms with Crippen LogP contribution in [0.5, 0.6) is 0 Å². The van der Waals surface area contributed by atoms with Crippen molar-refractivity contribution < 1.29 is 81.1 Å². The van der Waals surface area contributed by atoms with Crippen molar-refractivity contribution in [1.82, 2.24) is 9.55 Å². The van der Waals surface area contributed by atoms with Crippen LogP contribution in [-0.2, 0) is 65.7 Å². The Labute approximate surface area is 291 Å². The van der Waals surface area contributed by atoms with Gasteiger partial charge in [-0.05, 0) is 34.6 Å². The van der Waals surface area contributed by atoms with Crippen LogP contribution < -0.4 is 11.2 Å². The van der Waals surface area contributed by atoms with Crippen LogP contribution in [-0.4, -0.2) is 127 Å². The Kier molecular flexibility index (Phi) is 17.0. The minimum absolute atomic E-state index is 0.158. The summed E-state index contributed by atoms with van der Waals surface area (Å²) in [6, 6.07) is 0. The molecule has 21 nitrogen and oxygen atoms in total. The van der Waals surface area contributed by atoms with Crippen molar-refractivity contribution in [2.24, 2.45) is 10.8 Å². The van der Waals surface area contributed by atoms with Gasteiger partial charge >= 0.3 is 37.4 Å². The minimum Gasteiger partial charge on any atom is -0.465 e. The molecule has 1 aromatic rings. The lowest BCUT2D eigenvalue weighted by molar-refractivity contribution is -0.182. The number of rotatable bonds is 22. The molecule has 0 spiro atoms. The Morgan fingerprint density at radius 3 is 1.82 bits per heavy atom. The molecular weight excluding hydrogens is 711 g/mol. The van der Waals surface area contributed by atoms with E-state index in [1.165, 1.54) is 40.8 Å². The van der Waals surface area contributed by atoms with Crippen LogP contribution in [0.25, 0.3) is 0 Å². The molecule has 0 amide bonds. The number of aromatic nitrogens is 2. The van der Waals surface area contributed by atoms with Gasteiger partial charge in [-0.3, -0.25) is 47.1 Å². The predicted molar refractivity (Wildman–Crippen MR) is 168 cm³/mol. The van der Waals surface area contributed by atoms with Gasteiger partial charge in [0, 0.05) is 18.2 Å². The molecule has 0 bridgehead atoms. The highest BCUT2D eigenvalue weighted by Gasteiger charge is 2.54. The second-order valence-electron chi connectivity index (χ2n) is 10.9. The monoisotopic (exact) mass is 756 g/mol. The van der Waals surface area contributed by atoms with Crippen molar-refractivity contribution >= 4 is 31.7 Å². The van der Waals surface area contributed by atoms with Gasteiger partial charge in [-0.2, -0.15) is 0 Å². The second kappa shape index (κ2) is 19.9. The molecule has 1 unspecified atom stereocenters. The van der Waals surface area contributed by atoms with Crippen molar-refractivity contribution in [3.8, 4) is 0 Å². The largest absolute Gasteiger partial charge is 0.474 e. The zero-order chi connectivity index (χ0) is 38.4. The smallest absolute Gasteiger partial charge is 0.465 e. The number of esters is 4. The highest BCUT2D eigenvalue weighted by molar-refractivity contribution is 7.48. The van der Waals surface area contributed by atoms with Crippen LogP contribution in [0, 0.1) is 17.8 Å². The summed E-state index contributed by atoms with van der Waals surface area (Å²) in [7, 11) is -5.25. The topological polar surface area (TPSA) is 284 Å². The summed E-state index contributed by atoms with van der Waals surface area (Å²) in [4.78, 5) is 78.5. The lowest BCUT2D eigenvalue weighted by Gasteiger charge is -2.31. The average Bonchev–Trinajstić information content (AvgIpc) is 3.46. The summed E-state index contributed by atoms with van der Waals surface area (Å²) in [6.07, 6.45) is -2.88. The summed E-state index contributed by atoms with van der Waals surface area (Å²) in [5.74, 6) is -5.24. The third kappa shape index (κ3) is 10.7. The lowest BCUT2D eigenvalue weighted by atomic mass is 9.90. The van der Waals surface area contributed by atoms with Gasteiger partial charge in [-0.25, -0.2) is 9.36 Å². The molecule has 0 aromatic carbocycles. The van der Waals surface area contributed by atoms with Gasteiger partial charge in [-0.1, -0.05) is 0 Å². The van der Waals surface area contributed by atoms with Gasteiger partial charge in [0.25, 0.3) is 5.56 Å². The third-order valence-corrected chi connectivity index (χ3v) is 8.73. The van der Waals surface area contributed by atoms with Crippen molar-refractivity contribution in [1.29, 1.82) is 0 Å². The Hall–Kier alpha value is -3.53. The van der Waals surface area contributed by atoms with E-state index in [0.717, 1.165) is 4.57 Å². The van der Waals surface area contributed by atoms with Crippen LogP contribution in [0.2, 0.25) is 0 Å². The first kappa shape index (κ1) is 43.6. The first-order valence-corrected chi connectivity index (χ1v) is 17.3. The number of ether oxygens (including phenoxy) is 6. The molecule has 0 radical (unpaired) electrons. The zero-order valence-corrected chi connectivity index (χ0v) is 29.8. The maximum Gasteiger partial charge on any atom is 0.474 e. The summed E-state index contributed by atoms with van der Waals surface area (Å²) >= 11 is 0. The highest BCUT2D eigenvalue weighted by Crippen LogP contribution is 2.52. The maximum atomic E-state index is 14.3. The minimum atomic E-state index is -5.25. The lowest BCUT2D eigenvalue weighted by Crippen LogP contribution is -2.50. The van der Waals surface area contributed by atoms with E-state index >= 15 is 0 Å². The van der Waals surface area contributed by atoms with E-state index in [9.17, 15) is 48.7 Å². The van der Waals surface area contributed by atoms with E-state index in [1.54, 1.807) is 0 Å². The normalized spacial score (nSPS) is 18.9. The fourth-order valence-corrected chi connectivity index (χ4v) is 5.83. The maximum absolute atomic E-state index is 14.3. The number of nitrogens with zero attached hydrogens (tertiary/aromatic N) is 1. The van der Waals surface area contributed by atoms with Gasteiger partial charge in [-0.15, -0.1) is 0 Å². The number of carbonyl (C=O) groups excluding carboxylic acids is 4. The molecule has 51 heavy (non-hydrogen) atoms. The molecule has 2 heterocycles. The Morgan fingerprint density at radius 1 is 0.863 bits per heavy atom. The van der Waals surface area contributed by atoms with Crippen LogP contribution in [0.1, 0.15) is 45.9 Å². The van der Waals surface area contributed by atoms with Crippen molar-refractivity contribution in [2.45, 2.75) is 59.5 Å². The second-order valence-corrected chi connectivity index (χ2v) is 12.6.